The number of rotatable bonds is 7. The van der Waals surface area contributed by atoms with Crippen LogP contribution in [0.5, 0.6) is 5.75 Å². The number of aromatic carboxylic acids is 1. The van der Waals surface area contributed by atoms with Crippen molar-refractivity contribution in [2.75, 3.05) is 30.7 Å². The first kappa shape index (κ1) is 22.1. The van der Waals surface area contributed by atoms with Crippen molar-refractivity contribution in [2.45, 2.75) is 19.4 Å². The summed E-state index contributed by atoms with van der Waals surface area (Å²) in [5, 5.41) is 14.9. The second-order valence-electron chi connectivity index (χ2n) is 7.68. The smallest absolute Gasteiger partial charge is 0.341 e. The van der Waals surface area contributed by atoms with Crippen LogP contribution in [0.15, 0.2) is 35.5 Å². The van der Waals surface area contributed by atoms with Crippen molar-refractivity contribution in [2.24, 2.45) is 0 Å². The second-order valence-corrected chi connectivity index (χ2v) is 7.68. The number of hydrogen-bond donors (Lipinski definition) is 4. The van der Waals surface area contributed by atoms with Crippen LogP contribution in [-0.4, -0.2) is 46.2 Å². The van der Waals surface area contributed by atoms with E-state index in [1.54, 1.807) is 29.8 Å². The molecule has 0 spiro atoms. The van der Waals surface area contributed by atoms with E-state index >= 15 is 4.39 Å². The molecular formula is C22H22FN5O5. The van der Waals surface area contributed by atoms with E-state index < -0.39 is 28.5 Å². The van der Waals surface area contributed by atoms with Crippen LogP contribution in [-0.2, 0) is 0 Å². The minimum Gasteiger partial charge on any atom is -0.487 e. The molecule has 0 saturated heterocycles. The minimum absolute atomic E-state index is 0.0123. The average Bonchev–Trinajstić information content (AvgIpc) is 2.80. The largest absolute Gasteiger partial charge is 0.487 e. The summed E-state index contributed by atoms with van der Waals surface area (Å²) in [6, 6.07) is 3.01. The number of carboxylic acid groups (broad SMARTS) is 1. The summed E-state index contributed by atoms with van der Waals surface area (Å²) in [6.07, 6.45) is 4.73. The molecule has 1 aliphatic heterocycles. The predicted molar refractivity (Wildman–Crippen MR) is 119 cm³/mol. The highest BCUT2D eigenvalue weighted by atomic mass is 19.1. The highest BCUT2D eigenvalue weighted by Crippen LogP contribution is 2.43. The third kappa shape index (κ3) is 3.93. The number of aromatic nitrogens is 2. The molecule has 172 valence electrons. The second kappa shape index (κ2) is 8.77. The number of benzene rings is 1. The molecule has 1 atom stereocenters. The Bertz CT molecular complexity index is 1310. The Kier molecular flexibility index (Phi) is 5.86. The number of carbonyl (C=O) groups is 2. The molecule has 0 aliphatic carbocycles. The topological polar surface area (TPSA) is 149 Å². The van der Waals surface area contributed by atoms with E-state index in [0.29, 0.717) is 18.5 Å². The van der Waals surface area contributed by atoms with Crippen molar-refractivity contribution in [3.63, 3.8) is 0 Å². The molecule has 11 heteroatoms. The molecule has 0 fully saturated rings. The molecule has 1 aromatic carbocycles. The maximum atomic E-state index is 15.2. The molecule has 2 aromatic heterocycles. The van der Waals surface area contributed by atoms with Gasteiger partial charge in [0.15, 0.2) is 11.6 Å². The van der Waals surface area contributed by atoms with Crippen molar-refractivity contribution in [1.29, 1.82) is 0 Å². The van der Waals surface area contributed by atoms with E-state index in [1.807, 2.05) is 0 Å². The number of hydrogen-bond acceptors (Lipinski definition) is 7. The van der Waals surface area contributed by atoms with Crippen molar-refractivity contribution >= 4 is 34.2 Å². The monoisotopic (exact) mass is 455 g/mol. The Hall–Kier alpha value is -4.15. The lowest BCUT2D eigenvalue weighted by Gasteiger charge is -2.29. The molecule has 1 amide bonds. The first-order chi connectivity index (χ1) is 15.8. The van der Waals surface area contributed by atoms with Crippen LogP contribution >= 0.6 is 0 Å². The molecule has 0 saturated carbocycles. The molecule has 1 unspecified atom stereocenters. The first-order valence-corrected chi connectivity index (χ1v) is 10.3. The number of nitrogens with zero attached hydrogens (tertiary/aromatic N) is 2. The van der Waals surface area contributed by atoms with Crippen LogP contribution < -0.4 is 26.5 Å². The van der Waals surface area contributed by atoms with Crippen LogP contribution in [0.25, 0.3) is 10.9 Å². The number of halogens is 1. The molecule has 0 bridgehead atoms. The lowest BCUT2D eigenvalue weighted by molar-refractivity contribution is 0.0694. The SMILES string of the molecule is CC1COc2c(NCCCNC(=O)c3cccnc3)c(F)c(N)c3c(=O)c(C(=O)O)cn1c23. The Morgan fingerprint density at radius 1 is 1.39 bits per heavy atom. The molecule has 3 heterocycles. The standard InChI is InChI=1S/C22H22FN5O5/c1-11-10-33-20-17(26-6-3-7-27-21(30)12-4-2-5-25-8-12)15(23)16(24)14-18(20)28(11)9-13(19(14)29)22(31)32/h2,4-5,8-9,11,26H,3,6-7,10,24H2,1H3,(H,27,30)(H,31,32). The van der Waals surface area contributed by atoms with E-state index in [2.05, 4.69) is 15.6 Å². The van der Waals surface area contributed by atoms with Gasteiger partial charge in [0.05, 0.1) is 28.2 Å². The lowest BCUT2D eigenvalue weighted by atomic mass is 10.0. The number of pyridine rings is 2. The molecule has 5 N–H and O–H groups in total. The van der Waals surface area contributed by atoms with Gasteiger partial charge in [-0.3, -0.25) is 14.6 Å². The van der Waals surface area contributed by atoms with E-state index in [0.717, 1.165) is 0 Å². The highest BCUT2D eigenvalue weighted by Gasteiger charge is 2.30. The molecule has 3 aromatic rings. The zero-order chi connectivity index (χ0) is 23.7. The fraction of sp³-hybridized carbons (Fsp3) is 0.273. The summed E-state index contributed by atoms with van der Waals surface area (Å²) in [5.41, 5.74) is 4.82. The van der Waals surface area contributed by atoms with Crippen LogP contribution in [0.3, 0.4) is 0 Å². The summed E-state index contributed by atoms with van der Waals surface area (Å²) in [4.78, 5) is 40.2. The van der Waals surface area contributed by atoms with Crippen LogP contribution in [0.2, 0.25) is 0 Å². The normalized spacial score (nSPS) is 14.5. The third-order valence-electron chi connectivity index (χ3n) is 5.44. The first-order valence-electron chi connectivity index (χ1n) is 10.3. The highest BCUT2D eigenvalue weighted by molar-refractivity contribution is 6.03. The van der Waals surface area contributed by atoms with Gasteiger partial charge in [-0.25, -0.2) is 9.18 Å². The lowest BCUT2D eigenvalue weighted by Crippen LogP contribution is -2.28. The van der Waals surface area contributed by atoms with Crippen molar-refractivity contribution in [1.82, 2.24) is 14.9 Å². The van der Waals surface area contributed by atoms with Crippen LogP contribution in [0.1, 0.15) is 40.1 Å². The quantitative estimate of drug-likeness (QED) is 0.312. The van der Waals surface area contributed by atoms with Crippen molar-refractivity contribution < 1.29 is 23.8 Å². The Balaban J connectivity index is 1.58. The molecule has 10 nitrogen and oxygen atoms in total. The fourth-order valence-electron chi connectivity index (χ4n) is 3.76. The van der Waals surface area contributed by atoms with Gasteiger partial charge in [0, 0.05) is 31.7 Å². The maximum absolute atomic E-state index is 15.2. The number of amides is 1. The van der Waals surface area contributed by atoms with E-state index in [1.165, 1.54) is 12.4 Å². The summed E-state index contributed by atoms with van der Waals surface area (Å²) >= 11 is 0. The zero-order valence-electron chi connectivity index (χ0n) is 17.7. The van der Waals surface area contributed by atoms with E-state index in [4.69, 9.17) is 10.5 Å². The molecule has 0 radical (unpaired) electrons. The fourth-order valence-corrected chi connectivity index (χ4v) is 3.76. The predicted octanol–water partition coefficient (Wildman–Crippen LogP) is 2.00. The van der Waals surface area contributed by atoms with Gasteiger partial charge < -0.3 is 30.8 Å². The number of carboxylic acids is 1. The summed E-state index contributed by atoms with van der Waals surface area (Å²) in [7, 11) is 0. The number of nitrogens with two attached hydrogens (primary N) is 1. The number of carbonyl (C=O) groups excluding carboxylic acids is 1. The van der Waals surface area contributed by atoms with Crippen molar-refractivity contribution in [3.05, 3.63) is 57.9 Å². The molecule has 33 heavy (non-hydrogen) atoms. The average molecular weight is 455 g/mol. The number of nitrogens with one attached hydrogen (secondary N) is 2. The number of anilines is 2. The van der Waals surface area contributed by atoms with Crippen LogP contribution in [0, 0.1) is 5.82 Å². The Labute approximate surface area is 187 Å². The van der Waals surface area contributed by atoms with Gasteiger partial charge in [-0.2, -0.15) is 0 Å². The number of nitrogen functional groups attached to an aromatic ring is 1. The van der Waals surface area contributed by atoms with Crippen molar-refractivity contribution in [3.8, 4) is 5.75 Å². The maximum Gasteiger partial charge on any atom is 0.341 e. The van der Waals surface area contributed by atoms with Gasteiger partial charge in [0.2, 0.25) is 5.43 Å². The molecular weight excluding hydrogens is 433 g/mol. The van der Waals surface area contributed by atoms with E-state index in [-0.39, 0.29) is 47.4 Å². The summed E-state index contributed by atoms with van der Waals surface area (Å²) in [5.74, 6) is -2.47. The van der Waals surface area contributed by atoms with Gasteiger partial charge >= 0.3 is 5.97 Å². The Morgan fingerprint density at radius 2 is 2.18 bits per heavy atom. The number of ether oxygens (including phenoxy) is 1. The minimum atomic E-state index is -1.42. The summed E-state index contributed by atoms with van der Waals surface area (Å²) in [6.45, 7) is 2.54. The van der Waals surface area contributed by atoms with Gasteiger partial charge in [-0.15, -0.1) is 0 Å². The van der Waals surface area contributed by atoms with Gasteiger partial charge in [-0.05, 0) is 25.5 Å². The molecule has 1 aliphatic rings. The zero-order valence-corrected chi connectivity index (χ0v) is 17.7. The van der Waals surface area contributed by atoms with Gasteiger partial charge in [-0.1, -0.05) is 0 Å². The van der Waals surface area contributed by atoms with Gasteiger partial charge in [0.25, 0.3) is 5.91 Å². The van der Waals surface area contributed by atoms with Crippen LogP contribution in [0.4, 0.5) is 15.8 Å². The third-order valence-corrected chi connectivity index (χ3v) is 5.44. The van der Waals surface area contributed by atoms with Gasteiger partial charge in [0.1, 0.15) is 17.9 Å². The van der Waals surface area contributed by atoms with E-state index in [9.17, 15) is 19.5 Å². The molecule has 4 rings (SSSR count). The Morgan fingerprint density at radius 3 is 2.88 bits per heavy atom. The summed E-state index contributed by atoms with van der Waals surface area (Å²) < 4.78 is 22.5.